The van der Waals surface area contributed by atoms with Gasteiger partial charge in [0, 0.05) is 26.2 Å². The third-order valence-corrected chi connectivity index (χ3v) is 15.9. The molecule has 3 aliphatic heterocycles. The molecule has 3 saturated heterocycles. The van der Waals surface area contributed by atoms with E-state index in [1.807, 2.05) is 25.7 Å². The van der Waals surface area contributed by atoms with Gasteiger partial charge in [-0.2, -0.15) is 13.5 Å². The molecule has 8 aliphatic rings. The van der Waals surface area contributed by atoms with Crippen LogP contribution in [-0.4, -0.2) is 103 Å². The molecule has 274 valence electrons. The van der Waals surface area contributed by atoms with Crippen molar-refractivity contribution < 1.29 is 28.8 Å². The second kappa shape index (κ2) is 12.6. The van der Waals surface area contributed by atoms with E-state index in [2.05, 4.69) is 25.7 Å². The van der Waals surface area contributed by atoms with Gasteiger partial charge in [0.25, 0.3) is 0 Å². The van der Waals surface area contributed by atoms with Gasteiger partial charge in [-0.15, -0.1) is 0 Å². The van der Waals surface area contributed by atoms with E-state index in [1.165, 1.54) is 51.4 Å². The van der Waals surface area contributed by atoms with Crippen LogP contribution in [0, 0.1) is 45.3 Å². The lowest BCUT2D eigenvalue weighted by Crippen LogP contribution is -2.56. The van der Waals surface area contributed by atoms with Crippen molar-refractivity contribution in [3.8, 4) is 0 Å². The smallest absolute Gasteiger partial charge is 0.236 e. The van der Waals surface area contributed by atoms with Crippen molar-refractivity contribution in [2.75, 3.05) is 45.9 Å². The van der Waals surface area contributed by atoms with Crippen molar-refractivity contribution in [2.45, 2.75) is 148 Å². The van der Waals surface area contributed by atoms with Gasteiger partial charge in [0.05, 0.1) is 43.6 Å². The number of hydrogen-bond acceptors (Lipinski definition) is 7. The summed E-state index contributed by atoms with van der Waals surface area (Å²) < 4.78 is 26.1. The lowest BCUT2D eigenvalue weighted by molar-refractivity contribution is -0.245. The summed E-state index contributed by atoms with van der Waals surface area (Å²) in [5, 5.41) is 10.9. The lowest BCUT2D eigenvalue weighted by Gasteiger charge is -2.60. The van der Waals surface area contributed by atoms with Crippen molar-refractivity contribution in [1.82, 2.24) is 9.80 Å². The zero-order valence-corrected chi connectivity index (χ0v) is 31.8. The largest absolute Gasteiger partial charge is 0.388 e. The van der Waals surface area contributed by atoms with Crippen molar-refractivity contribution in [1.29, 1.82) is 0 Å². The monoisotopic (exact) mass is 690 g/mol. The number of aliphatic hydroxyl groups is 1. The average Bonchev–Trinajstić information content (AvgIpc) is 3.56. The number of fused-ring (bicyclic) bond motifs is 4. The molecule has 0 radical (unpaired) electrons. The molecule has 8 rings (SSSR count). The van der Waals surface area contributed by atoms with Gasteiger partial charge in [0.1, 0.15) is 6.10 Å². The minimum atomic E-state index is -0.906. The molecule has 2 spiro atoms. The summed E-state index contributed by atoms with van der Waals surface area (Å²) >= 11 is 0. The van der Waals surface area contributed by atoms with Crippen molar-refractivity contribution >= 4 is 19.4 Å². The van der Waals surface area contributed by atoms with Gasteiger partial charge in [-0.3, -0.25) is 9.69 Å². The Balaban J connectivity index is 0.00000364. The molecule has 5 aliphatic carbocycles. The number of nitrogens with zero attached hydrogens (tertiary/aromatic N) is 2. The summed E-state index contributed by atoms with van der Waals surface area (Å²) in [4.78, 5) is 16.9. The first-order valence-electron chi connectivity index (χ1n) is 19.6. The number of ether oxygens (including phenoxy) is 4. The zero-order chi connectivity index (χ0) is 33.0. The molecule has 3 heterocycles. The van der Waals surface area contributed by atoms with Gasteiger partial charge >= 0.3 is 0 Å². The van der Waals surface area contributed by atoms with Crippen LogP contribution >= 0.6 is 13.5 Å². The third-order valence-electron chi connectivity index (χ3n) is 15.9. The van der Waals surface area contributed by atoms with E-state index in [0.717, 1.165) is 50.7 Å². The van der Waals surface area contributed by atoms with Crippen LogP contribution in [0.1, 0.15) is 112 Å². The highest BCUT2D eigenvalue weighted by Crippen LogP contribution is 2.87. The number of likely N-dealkylation sites (tertiary alicyclic amines) is 1. The Morgan fingerprint density at radius 3 is 2.46 bits per heavy atom. The predicted molar refractivity (Wildman–Crippen MR) is 190 cm³/mol. The van der Waals surface area contributed by atoms with Crippen molar-refractivity contribution in [3.63, 3.8) is 0 Å². The molecule has 0 aromatic rings. The van der Waals surface area contributed by atoms with E-state index in [1.54, 1.807) is 0 Å². The summed E-state index contributed by atoms with van der Waals surface area (Å²) in [5.41, 5.74) is 0.552. The summed E-state index contributed by atoms with van der Waals surface area (Å²) in [6.07, 6.45) is 13.7. The Kier molecular flexibility index (Phi) is 9.45. The van der Waals surface area contributed by atoms with Crippen LogP contribution < -0.4 is 0 Å². The fraction of sp³-hybridized carbons (Fsp3) is 0.974. The van der Waals surface area contributed by atoms with Gasteiger partial charge < -0.3 is 29.0 Å². The molecule has 5 saturated carbocycles. The first-order chi connectivity index (χ1) is 22.3. The molecular formula is C39H66N2O6S. The van der Waals surface area contributed by atoms with Crippen LogP contribution in [0.5, 0.6) is 0 Å². The normalized spacial score (nSPS) is 46.9. The molecule has 0 aromatic heterocycles. The first-order valence-corrected chi connectivity index (χ1v) is 19.6. The molecule has 12 atom stereocenters. The summed E-state index contributed by atoms with van der Waals surface area (Å²) in [6, 6.07) is 0. The number of hydrogen-bond donors (Lipinski definition) is 1. The standard InChI is InChI=1S/C39H64N2O6.H2S/c1-7-44-34(36(4,5)43)28-11-9-26-29(46-28)21-27-25-10-12-30-35(2,3)31(13-14-39(30)24-38(25,39)16-15-37(26,27)6)47-33-23-40(19-20-45-33)22-32(42)41-17-8-18-41;/h25-31,33-34,43H,7-24H2,1-6H3;1H2/t25?,26?,27?,28?,29?,30?,31-,33?,34-,37?,38-,39+;/m0./s1. The van der Waals surface area contributed by atoms with E-state index in [-0.39, 0.29) is 49.4 Å². The molecule has 9 heteroatoms. The molecule has 1 amide bonds. The highest BCUT2D eigenvalue weighted by molar-refractivity contribution is 7.59. The third kappa shape index (κ3) is 5.48. The maximum Gasteiger partial charge on any atom is 0.236 e. The van der Waals surface area contributed by atoms with Gasteiger partial charge in [-0.25, -0.2) is 0 Å². The number of carbonyl (C=O) groups excluding carboxylic acids is 1. The highest BCUT2D eigenvalue weighted by atomic mass is 32.1. The molecule has 0 aromatic carbocycles. The molecule has 8 nitrogen and oxygen atoms in total. The minimum Gasteiger partial charge on any atom is -0.388 e. The summed E-state index contributed by atoms with van der Waals surface area (Å²) in [6.45, 7) is 18.5. The van der Waals surface area contributed by atoms with E-state index in [4.69, 9.17) is 18.9 Å². The highest BCUT2D eigenvalue weighted by Gasteiger charge is 2.80. The lowest BCUT2D eigenvalue weighted by atomic mass is 9.46. The topological polar surface area (TPSA) is 80.7 Å². The SMILES string of the molecule is CCO[C@@H](C1CCC2C(CC3C4CCC5C(C)(C)[C@@H](OC6CN(CC(=O)N7CCC7)CCO6)CC[C@@]56C[C@@]46CCC23C)O1)C(C)(C)O.S. The molecule has 8 fully saturated rings. The number of rotatable bonds is 8. The molecule has 8 unspecified atom stereocenters. The second-order valence-corrected chi connectivity index (χ2v) is 18.8. The molecule has 1 N–H and O–H groups in total. The van der Waals surface area contributed by atoms with Crippen molar-refractivity contribution in [2.24, 2.45) is 45.3 Å². The first kappa shape index (κ1) is 36.0. The molecule has 48 heavy (non-hydrogen) atoms. The van der Waals surface area contributed by atoms with Crippen LogP contribution in [0.4, 0.5) is 0 Å². The van der Waals surface area contributed by atoms with Crippen LogP contribution in [0.15, 0.2) is 0 Å². The van der Waals surface area contributed by atoms with Gasteiger partial charge in [0.2, 0.25) is 5.91 Å². The average molecular weight is 691 g/mol. The van der Waals surface area contributed by atoms with E-state index in [0.29, 0.717) is 60.5 Å². The second-order valence-electron chi connectivity index (χ2n) is 18.8. The van der Waals surface area contributed by atoms with Crippen LogP contribution in [0.3, 0.4) is 0 Å². The number of morpholine rings is 1. The fourth-order valence-electron chi connectivity index (χ4n) is 13.6. The van der Waals surface area contributed by atoms with Crippen LogP contribution in [-0.2, 0) is 23.7 Å². The number of amides is 1. The Morgan fingerprint density at radius 2 is 1.75 bits per heavy atom. The van der Waals surface area contributed by atoms with Gasteiger partial charge in [-0.05, 0) is 137 Å². The summed E-state index contributed by atoms with van der Waals surface area (Å²) in [7, 11) is 0. The maximum absolute atomic E-state index is 12.7. The van der Waals surface area contributed by atoms with E-state index >= 15 is 0 Å². The van der Waals surface area contributed by atoms with Gasteiger partial charge in [-0.1, -0.05) is 20.8 Å². The minimum absolute atomic E-state index is 0. The Labute approximate surface area is 297 Å². The van der Waals surface area contributed by atoms with Crippen LogP contribution in [0.25, 0.3) is 0 Å². The van der Waals surface area contributed by atoms with Gasteiger partial charge in [0.15, 0.2) is 6.29 Å². The Bertz CT molecular complexity index is 1210. The predicted octanol–water partition coefficient (Wildman–Crippen LogP) is 5.76. The van der Waals surface area contributed by atoms with Crippen LogP contribution in [0.2, 0.25) is 0 Å². The quantitative estimate of drug-likeness (QED) is 0.347. The maximum atomic E-state index is 12.7. The summed E-state index contributed by atoms with van der Waals surface area (Å²) in [5.74, 6) is 3.15. The molecular weight excluding hydrogens is 625 g/mol. The van der Waals surface area contributed by atoms with E-state index < -0.39 is 5.60 Å². The fourth-order valence-corrected chi connectivity index (χ4v) is 13.6. The Hall–Kier alpha value is -0.420. The Morgan fingerprint density at radius 1 is 0.979 bits per heavy atom. The van der Waals surface area contributed by atoms with E-state index in [9.17, 15) is 9.90 Å². The zero-order valence-electron chi connectivity index (χ0n) is 30.8. The number of carbonyl (C=O) groups is 1. The van der Waals surface area contributed by atoms with Crippen molar-refractivity contribution in [3.05, 3.63) is 0 Å². The molecule has 0 bridgehead atoms.